The highest BCUT2D eigenvalue weighted by atomic mass is 32.1. The molecule has 3 nitrogen and oxygen atoms in total. The van der Waals surface area contributed by atoms with Crippen LogP contribution in [0.5, 0.6) is 0 Å². The van der Waals surface area contributed by atoms with Crippen LogP contribution >= 0.6 is 11.3 Å². The summed E-state index contributed by atoms with van der Waals surface area (Å²) in [5.41, 5.74) is 8.60. The fourth-order valence-corrected chi connectivity index (χ4v) is 2.26. The van der Waals surface area contributed by atoms with Gasteiger partial charge in [-0.25, -0.2) is 4.98 Å². The van der Waals surface area contributed by atoms with Gasteiger partial charge in [0.2, 0.25) is 0 Å². The first-order valence-corrected chi connectivity index (χ1v) is 6.56. The number of benzene rings is 1. The van der Waals surface area contributed by atoms with Gasteiger partial charge in [0, 0.05) is 23.2 Å². The maximum atomic E-state index is 5.92. The standard InChI is InChI=1S/C13H16N2OS/c1-2-7-16-8-13-15-12(9-17-13)10-5-3-4-6-11(10)14/h3-6,9H,2,7-8,14H2,1H3. The number of hydrogen-bond acceptors (Lipinski definition) is 4. The zero-order valence-corrected chi connectivity index (χ0v) is 10.7. The molecule has 0 fully saturated rings. The summed E-state index contributed by atoms with van der Waals surface area (Å²) in [6, 6.07) is 7.78. The summed E-state index contributed by atoms with van der Waals surface area (Å²) in [5.74, 6) is 0. The van der Waals surface area contributed by atoms with Crippen molar-refractivity contribution >= 4 is 17.0 Å². The highest BCUT2D eigenvalue weighted by Gasteiger charge is 2.06. The Morgan fingerprint density at radius 1 is 1.35 bits per heavy atom. The molecule has 0 atom stereocenters. The van der Waals surface area contributed by atoms with E-state index in [9.17, 15) is 0 Å². The van der Waals surface area contributed by atoms with E-state index in [1.807, 2.05) is 29.6 Å². The Kier molecular flexibility index (Phi) is 4.12. The second kappa shape index (κ2) is 5.80. The van der Waals surface area contributed by atoms with E-state index < -0.39 is 0 Å². The molecule has 0 spiro atoms. The molecule has 0 bridgehead atoms. The number of rotatable bonds is 5. The molecule has 1 heterocycles. The molecule has 1 aromatic heterocycles. The summed E-state index contributed by atoms with van der Waals surface area (Å²) in [6.07, 6.45) is 1.03. The summed E-state index contributed by atoms with van der Waals surface area (Å²) in [5, 5.41) is 3.02. The number of hydrogen-bond donors (Lipinski definition) is 1. The molecule has 0 aliphatic rings. The lowest BCUT2D eigenvalue weighted by Crippen LogP contribution is -1.94. The molecule has 4 heteroatoms. The average Bonchev–Trinajstić information content (AvgIpc) is 2.79. The average molecular weight is 248 g/mol. The van der Waals surface area contributed by atoms with Crippen molar-refractivity contribution in [3.63, 3.8) is 0 Å². The summed E-state index contributed by atoms with van der Waals surface area (Å²) in [6.45, 7) is 3.46. The van der Waals surface area contributed by atoms with Gasteiger partial charge in [-0.2, -0.15) is 0 Å². The van der Waals surface area contributed by atoms with Crippen LogP contribution in [0.25, 0.3) is 11.3 Å². The minimum atomic E-state index is 0.589. The lowest BCUT2D eigenvalue weighted by Gasteiger charge is -2.01. The fourth-order valence-electron chi connectivity index (χ4n) is 1.53. The number of thiazole rings is 1. The number of nitrogens with two attached hydrogens (primary N) is 1. The minimum Gasteiger partial charge on any atom is -0.398 e. The van der Waals surface area contributed by atoms with Crippen molar-refractivity contribution in [3.05, 3.63) is 34.7 Å². The Bertz CT molecular complexity index is 482. The van der Waals surface area contributed by atoms with Gasteiger partial charge in [0.25, 0.3) is 0 Å². The third-order valence-electron chi connectivity index (χ3n) is 2.36. The van der Waals surface area contributed by atoms with E-state index in [1.54, 1.807) is 11.3 Å². The first kappa shape index (κ1) is 12.1. The Morgan fingerprint density at radius 2 is 2.18 bits per heavy atom. The molecule has 0 unspecified atom stereocenters. The molecule has 2 N–H and O–H groups in total. The van der Waals surface area contributed by atoms with Crippen molar-refractivity contribution in [1.29, 1.82) is 0 Å². The molecule has 0 aliphatic heterocycles. The van der Waals surface area contributed by atoms with E-state index in [1.165, 1.54) is 0 Å². The van der Waals surface area contributed by atoms with Crippen molar-refractivity contribution in [3.8, 4) is 11.3 Å². The molecule has 1 aromatic carbocycles. The van der Waals surface area contributed by atoms with Gasteiger partial charge >= 0.3 is 0 Å². The lowest BCUT2D eigenvalue weighted by atomic mass is 10.1. The van der Waals surface area contributed by atoms with Gasteiger partial charge in [0.1, 0.15) is 5.01 Å². The van der Waals surface area contributed by atoms with Crippen LogP contribution in [-0.2, 0) is 11.3 Å². The third kappa shape index (κ3) is 3.05. The number of nitrogen functional groups attached to an aromatic ring is 1. The van der Waals surface area contributed by atoms with E-state index in [2.05, 4.69) is 11.9 Å². The maximum absolute atomic E-state index is 5.92. The topological polar surface area (TPSA) is 48.1 Å². The van der Waals surface area contributed by atoms with E-state index in [4.69, 9.17) is 10.5 Å². The number of anilines is 1. The lowest BCUT2D eigenvalue weighted by molar-refractivity contribution is 0.121. The summed E-state index contributed by atoms with van der Waals surface area (Å²) in [4.78, 5) is 4.53. The predicted molar refractivity (Wildman–Crippen MR) is 71.9 cm³/mol. The monoisotopic (exact) mass is 248 g/mol. The van der Waals surface area contributed by atoms with Crippen LogP contribution in [0.1, 0.15) is 18.4 Å². The quantitative estimate of drug-likeness (QED) is 0.652. The fraction of sp³-hybridized carbons (Fsp3) is 0.308. The van der Waals surface area contributed by atoms with Crippen LogP contribution in [0.3, 0.4) is 0 Å². The van der Waals surface area contributed by atoms with Crippen LogP contribution in [0, 0.1) is 0 Å². The molecule has 0 amide bonds. The largest absolute Gasteiger partial charge is 0.398 e. The van der Waals surface area contributed by atoms with Crippen LogP contribution in [0.4, 0.5) is 5.69 Å². The number of nitrogens with zero attached hydrogens (tertiary/aromatic N) is 1. The molecular formula is C13H16N2OS. The normalized spacial score (nSPS) is 10.6. The zero-order chi connectivity index (χ0) is 12.1. The SMILES string of the molecule is CCCOCc1nc(-c2ccccc2N)cs1. The summed E-state index contributed by atoms with van der Waals surface area (Å²) in [7, 11) is 0. The molecule has 90 valence electrons. The highest BCUT2D eigenvalue weighted by Crippen LogP contribution is 2.26. The number of aromatic nitrogens is 1. The van der Waals surface area contributed by atoms with Gasteiger partial charge in [-0.15, -0.1) is 11.3 Å². The van der Waals surface area contributed by atoms with Gasteiger partial charge < -0.3 is 10.5 Å². The molecular weight excluding hydrogens is 232 g/mol. The Hall–Kier alpha value is -1.39. The minimum absolute atomic E-state index is 0.589. The van der Waals surface area contributed by atoms with Crippen LogP contribution < -0.4 is 5.73 Å². The highest BCUT2D eigenvalue weighted by molar-refractivity contribution is 7.09. The smallest absolute Gasteiger partial charge is 0.119 e. The molecule has 0 radical (unpaired) electrons. The van der Waals surface area contributed by atoms with Crippen molar-refractivity contribution in [1.82, 2.24) is 4.98 Å². The van der Waals surface area contributed by atoms with Crippen LogP contribution in [0.2, 0.25) is 0 Å². The summed E-state index contributed by atoms with van der Waals surface area (Å²) >= 11 is 1.61. The molecule has 2 aromatic rings. The van der Waals surface area contributed by atoms with Crippen molar-refractivity contribution < 1.29 is 4.74 Å². The molecule has 2 rings (SSSR count). The van der Waals surface area contributed by atoms with Gasteiger partial charge in [-0.1, -0.05) is 25.1 Å². The van der Waals surface area contributed by atoms with E-state index in [-0.39, 0.29) is 0 Å². The molecule has 0 saturated carbocycles. The van der Waals surface area contributed by atoms with Crippen LogP contribution in [-0.4, -0.2) is 11.6 Å². The van der Waals surface area contributed by atoms with Crippen molar-refractivity contribution in [2.45, 2.75) is 20.0 Å². The Morgan fingerprint density at radius 3 is 2.94 bits per heavy atom. The van der Waals surface area contributed by atoms with E-state index >= 15 is 0 Å². The molecule has 17 heavy (non-hydrogen) atoms. The van der Waals surface area contributed by atoms with E-state index in [0.717, 1.165) is 35.0 Å². The Labute approximate surface area is 105 Å². The first-order valence-electron chi connectivity index (χ1n) is 5.68. The number of para-hydroxylation sites is 1. The van der Waals surface area contributed by atoms with Crippen molar-refractivity contribution in [2.75, 3.05) is 12.3 Å². The zero-order valence-electron chi connectivity index (χ0n) is 9.85. The Balaban J connectivity index is 2.10. The van der Waals surface area contributed by atoms with Gasteiger partial charge in [-0.3, -0.25) is 0 Å². The van der Waals surface area contributed by atoms with Crippen molar-refractivity contribution in [2.24, 2.45) is 0 Å². The second-order valence-electron chi connectivity index (χ2n) is 3.77. The van der Waals surface area contributed by atoms with Gasteiger partial charge in [0.15, 0.2) is 0 Å². The van der Waals surface area contributed by atoms with Crippen LogP contribution in [0.15, 0.2) is 29.6 Å². The number of ether oxygens (including phenoxy) is 1. The first-order chi connectivity index (χ1) is 8.31. The van der Waals surface area contributed by atoms with Gasteiger partial charge in [0.05, 0.1) is 12.3 Å². The third-order valence-corrected chi connectivity index (χ3v) is 3.18. The summed E-state index contributed by atoms with van der Waals surface area (Å²) < 4.78 is 5.46. The predicted octanol–water partition coefficient (Wildman–Crippen LogP) is 3.32. The molecule has 0 saturated heterocycles. The van der Waals surface area contributed by atoms with E-state index in [0.29, 0.717) is 6.61 Å². The molecule has 0 aliphatic carbocycles. The maximum Gasteiger partial charge on any atom is 0.119 e. The van der Waals surface area contributed by atoms with Gasteiger partial charge in [-0.05, 0) is 12.5 Å². The second-order valence-corrected chi connectivity index (χ2v) is 4.71.